The first-order chi connectivity index (χ1) is 12.9. The molecule has 152 valence electrons. The molecule has 4 rings (SSSR count). The number of hydrogen-bond acceptors (Lipinski definition) is 4. The molecule has 1 saturated carbocycles. The van der Waals surface area contributed by atoms with Crippen LogP contribution in [0, 0.1) is 5.41 Å². The summed E-state index contributed by atoms with van der Waals surface area (Å²) in [4.78, 5) is 31.3. The number of urea groups is 1. The number of carbonyl (C=O) groups is 2. The van der Waals surface area contributed by atoms with E-state index in [1.807, 2.05) is 9.80 Å². The highest BCUT2D eigenvalue weighted by molar-refractivity contribution is 5.76. The predicted molar refractivity (Wildman–Crippen MR) is 103 cm³/mol. The van der Waals surface area contributed by atoms with Crippen molar-refractivity contribution in [2.45, 2.75) is 77.1 Å². The molecule has 27 heavy (non-hydrogen) atoms. The smallest absolute Gasteiger partial charge is 0.410 e. The van der Waals surface area contributed by atoms with Gasteiger partial charge in [0.05, 0.1) is 12.6 Å². The van der Waals surface area contributed by atoms with Gasteiger partial charge in [-0.25, -0.2) is 9.59 Å². The molecule has 3 saturated heterocycles. The van der Waals surface area contributed by atoms with Gasteiger partial charge in [0.15, 0.2) is 0 Å². The first kappa shape index (κ1) is 18.8. The van der Waals surface area contributed by atoms with Gasteiger partial charge in [-0.05, 0) is 44.9 Å². The van der Waals surface area contributed by atoms with E-state index in [2.05, 4.69) is 31.0 Å². The third-order valence-corrected chi connectivity index (χ3v) is 7.19. The predicted octanol–water partition coefficient (Wildman–Crippen LogP) is 2.26. The summed E-state index contributed by atoms with van der Waals surface area (Å²) in [6, 6.07) is 0.785. The van der Waals surface area contributed by atoms with Crippen LogP contribution in [0.3, 0.4) is 0 Å². The first-order valence-corrected chi connectivity index (χ1v) is 10.6. The highest BCUT2D eigenvalue weighted by Crippen LogP contribution is 2.39. The summed E-state index contributed by atoms with van der Waals surface area (Å²) in [6.45, 7) is 10.6. The average molecular weight is 379 g/mol. The van der Waals surface area contributed by atoms with E-state index in [4.69, 9.17) is 4.74 Å². The Morgan fingerprint density at radius 1 is 1.26 bits per heavy atom. The van der Waals surface area contributed by atoms with Crippen molar-refractivity contribution in [3.63, 3.8) is 0 Å². The van der Waals surface area contributed by atoms with Crippen molar-refractivity contribution in [1.82, 2.24) is 20.0 Å². The zero-order valence-electron chi connectivity index (χ0n) is 16.9. The maximum Gasteiger partial charge on any atom is 0.410 e. The standard InChI is InChI=1S/C20H34N4O3/c1-14(2)22-9-5-15(6-10-22)24-16-11-23(12-17(16)27-19(24)26)18(25)21-13-20(3)7-4-8-20/h14-17H,4-13H2,1-3H3,(H,21,25)/t16-,17+/m1/s1. The van der Waals surface area contributed by atoms with Gasteiger partial charge in [0.1, 0.15) is 6.10 Å². The highest BCUT2D eigenvalue weighted by Gasteiger charge is 2.51. The minimum Gasteiger partial charge on any atom is -0.442 e. The molecule has 2 atom stereocenters. The van der Waals surface area contributed by atoms with Gasteiger partial charge in [-0.1, -0.05) is 13.3 Å². The van der Waals surface area contributed by atoms with Crippen LogP contribution in [-0.4, -0.2) is 83.8 Å². The van der Waals surface area contributed by atoms with Crippen molar-refractivity contribution >= 4 is 12.1 Å². The summed E-state index contributed by atoms with van der Waals surface area (Å²) < 4.78 is 5.64. The Hall–Kier alpha value is -1.50. The van der Waals surface area contributed by atoms with Gasteiger partial charge in [-0.15, -0.1) is 0 Å². The molecule has 3 aliphatic heterocycles. The summed E-state index contributed by atoms with van der Waals surface area (Å²) in [5, 5.41) is 3.10. The lowest BCUT2D eigenvalue weighted by Crippen LogP contribution is -2.52. The van der Waals surface area contributed by atoms with Gasteiger partial charge >= 0.3 is 12.1 Å². The topological polar surface area (TPSA) is 65.1 Å². The number of piperidine rings is 1. The van der Waals surface area contributed by atoms with E-state index >= 15 is 0 Å². The highest BCUT2D eigenvalue weighted by atomic mass is 16.6. The van der Waals surface area contributed by atoms with Crippen molar-refractivity contribution in [3.8, 4) is 0 Å². The summed E-state index contributed by atoms with van der Waals surface area (Å²) >= 11 is 0. The second kappa shape index (κ2) is 7.15. The number of hydrogen-bond donors (Lipinski definition) is 1. The van der Waals surface area contributed by atoms with E-state index in [-0.39, 0.29) is 35.7 Å². The molecular weight excluding hydrogens is 344 g/mol. The van der Waals surface area contributed by atoms with Crippen LogP contribution in [-0.2, 0) is 4.74 Å². The number of rotatable bonds is 4. The lowest BCUT2D eigenvalue weighted by molar-refractivity contribution is 0.0872. The van der Waals surface area contributed by atoms with Crippen LogP contribution in [0.2, 0.25) is 0 Å². The van der Waals surface area contributed by atoms with E-state index in [0.717, 1.165) is 32.5 Å². The molecule has 3 heterocycles. The largest absolute Gasteiger partial charge is 0.442 e. The fourth-order valence-corrected chi connectivity index (χ4v) is 5.09. The van der Waals surface area contributed by atoms with E-state index in [1.165, 1.54) is 19.3 Å². The van der Waals surface area contributed by atoms with E-state index in [9.17, 15) is 9.59 Å². The minimum absolute atomic E-state index is 0.0110. The maximum absolute atomic E-state index is 12.6. The Balaban J connectivity index is 1.32. The number of fused-ring (bicyclic) bond motifs is 1. The molecule has 3 amide bonds. The van der Waals surface area contributed by atoms with Gasteiger partial charge in [-0.2, -0.15) is 0 Å². The number of ether oxygens (including phenoxy) is 1. The second-order valence-corrected chi connectivity index (χ2v) is 9.49. The SMILES string of the molecule is CC(C)N1CCC(N2C(=O)O[C@H]3CN(C(=O)NCC4(C)CCC4)C[C@H]32)CC1. The molecule has 0 spiro atoms. The van der Waals surface area contributed by atoms with Crippen LogP contribution in [0.15, 0.2) is 0 Å². The average Bonchev–Trinajstić information content (AvgIpc) is 3.14. The molecule has 0 aromatic carbocycles. The summed E-state index contributed by atoms with van der Waals surface area (Å²) in [5.74, 6) is 0. The molecule has 4 aliphatic rings. The molecule has 7 heteroatoms. The van der Waals surface area contributed by atoms with Gasteiger partial charge < -0.3 is 19.9 Å². The third kappa shape index (κ3) is 3.62. The molecular formula is C20H34N4O3. The quantitative estimate of drug-likeness (QED) is 0.815. The summed E-state index contributed by atoms with van der Waals surface area (Å²) in [6.07, 6.45) is 5.27. The summed E-state index contributed by atoms with van der Waals surface area (Å²) in [5.41, 5.74) is 0.272. The van der Waals surface area contributed by atoms with Crippen LogP contribution < -0.4 is 5.32 Å². The molecule has 0 bridgehead atoms. The molecule has 0 aromatic rings. The van der Waals surface area contributed by atoms with Crippen molar-refractivity contribution < 1.29 is 14.3 Å². The first-order valence-electron chi connectivity index (χ1n) is 10.6. The minimum atomic E-state index is -0.185. The molecule has 0 aromatic heterocycles. The van der Waals surface area contributed by atoms with E-state index < -0.39 is 0 Å². The van der Waals surface area contributed by atoms with Gasteiger partial charge in [0, 0.05) is 38.3 Å². The zero-order chi connectivity index (χ0) is 19.2. The zero-order valence-corrected chi connectivity index (χ0v) is 16.9. The van der Waals surface area contributed by atoms with Crippen molar-refractivity contribution in [3.05, 3.63) is 0 Å². The number of amides is 3. The van der Waals surface area contributed by atoms with Crippen LogP contribution in [0.5, 0.6) is 0 Å². The number of nitrogens with one attached hydrogen (secondary N) is 1. The Labute approximate surface area is 162 Å². The Bertz CT molecular complexity index is 584. The number of likely N-dealkylation sites (tertiary alicyclic amines) is 2. The summed E-state index contributed by atoms with van der Waals surface area (Å²) in [7, 11) is 0. The normalized spacial score (nSPS) is 31.0. The lowest BCUT2D eigenvalue weighted by Gasteiger charge is -2.39. The Morgan fingerprint density at radius 3 is 2.56 bits per heavy atom. The van der Waals surface area contributed by atoms with Crippen LogP contribution >= 0.6 is 0 Å². The van der Waals surface area contributed by atoms with Crippen LogP contribution in [0.25, 0.3) is 0 Å². The van der Waals surface area contributed by atoms with Gasteiger partial charge in [0.2, 0.25) is 0 Å². The maximum atomic E-state index is 12.6. The van der Waals surface area contributed by atoms with Gasteiger partial charge in [0.25, 0.3) is 0 Å². The number of nitrogens with zero attached hydrogens (tertiary/aromatic N) is 3. The number of carbonyl (C=O) groups excluding carboxylic acids is 2. The van der Waals surface area contributed by atoms with E-state index in [1.54, 1.807) is 0 Å². The Kier molecular flexibility index (Phi) is 4.99. The fraction of sp³-hybridized carbons (Fsp3) is 0.900. The molecule has 7 nitrogen and oxygen atoms in total. The van der Waals surface area contributed by atoms with Crippen molar-refractivity contribution in [1.29, 1.82) is 0 Å². The fourth-order valence-electron chi connectivity index (χ4n) is 5.09. The van der Waals surface area contributed by atoms with Crippen LogP contribution in [0.1, 0.15) is 52.9 Å². The van der Waals surface area contributed by atoms with Crippen molar-refractivity contribution in [2.24, 2.45) is 5.41 Å². The van der Waals surface area contributed by atoms with Gasteiger partial charge in [-0.3, -0.25) is 4.90 Å². The Morgan fingerprint density at radius 2 is 1.96 bits per heavy atom. The van der Waals surface area contributed by atoms with Crippen molar-refractivity contribution in [2.75, 3.05) is 32.7 Å². The second-order valence-electron chi connectivity index (χ2n) is 9.49. The monoisotopic (exact) mass is 378 g/mol. The lowest BCUT2D eigenvalue weighted by atomic mass is 9.70. The third-order valence-electron chi connectivity index (χ3n) is 7.19. The molecule has 1 N–H and O–H groups in total. The van der Waals surface area contributed by atoms with Crippen LogP contribution in [0.4, 0.5) is 9.59 Å². The molecule has 4 fully saturated rings. The molecule has 0 radical (unpaired) electrons. The molecule has 1 aliphatic carbocycles. The van der Waals surface area contributed by atoms with E-state index in [0.29, 0.717) is 19.1 Å². The molecule has 0 unspecified atom stereocenters.